The lowest BCUT2D eigenvalue weighted by atomic mass is 10.1. The van der Waals surface area contributed by atoms with Crippen molar-refractivity contribution in [3.05, 3.63) is 65.4 Å². The molecule has 128 valence electrons. The lowest BCUT2D eigenvalue weighted by molar-refractivity contribution is 0.0947. The number of amides is 1. The SMILES string of the molecule is O=C(NCc1ccccc1CN1CCCC1)c1n[nH]c2ccccc12. The first-order chi connectivity index (χ1) is 12.3. The van der Waals surface area contributed by atoms with Crippen LogP contribution >= 0.6 is 0 Å². The molecular formula is C20H22N4O. The zero-order chi connectivity index (χ0) is 17.1. The summed E-state index contributed by atoms with van der Waals surface area (Å²) >= 11 is 0. The molecule has 1 saturated heterocycles. The van der Waals surface area contributed by atoms with Crippen molar-refractivity contribution in [1.29, 1.82) is 0 Å². The van der Waals surface area contributed by atoms with Gasteiger partial charge in [-0.1, -0.05) is 42.5 Å². The van der Waals surface area contributed by atoms with Crippen molar-refractivity contribution in [2.24, 2.45) is 0 Å². The van der Waals surface area contributed by atoms with E-state index in [-0.39, 0.29) is 5.91 Å². The molecule has 0 atom stereocenters. The summed E-state index contributed by atoms with van der Waals surface area (Å²) in [5.74, 6) is -0.145. The van der Waals surface area contributed by atoms with Crippen LogP contribution in [0.2, 0.25) is 0 Å². The second kappa shape index (κ2) is 7.07. The Morgan fingerprint density at radius 2 is 1.76 bits per heavy atom. The summed E-state index contributed by atoms with van der Waals surface area (Å²) in [5, 5.41) is 10.9. The van der Waals surface area contributed by atoms with E-state index in [1.54, 1.807) is 0 Å². The van der Waals surface area contributed by atoms with Crippen LogP contribution in [-0.2, 0) is 13.1 Å². The molecule has 1 aromatic heterocycles. The first-order valence-corrected chi connectivity index (χ1v) is 8.82. The molecule has 5 nitrogen and oxygen atoms in total. The first kappa shape index (κ1) is 15.8. The quantitative estimate of drug-likeness (QED) is 0.754. The number of aromatic amines is 1. The summed E-state index contributed by atoms with van der Waals surface area (Å²) in [7, 11) is 0. The van der Waals surface area contributed by atoms with Crippen LogP contribution in [0.4, 0.5) is 0 Å². The van der Waals surface area contributed by atoms with E-state index >= 15 is 0 Å². The Labute approximate surface area is 147 Å². The van der Waals surface area contributed by atoms with Crippen molar-refractivity contribution in [2.75, 3.05) is 13.1 Å². The van der Waals surface area contributed by atoms with Crippen molar-refractivity contribution in [2.45, 2.75) is 25.9 Å². The van der Waals surface area contributed by atoms with Gasteiger partial charge in [0.15, 0.2) is 5.69 Å². The minimum atomic E-state index is -0.145. The lowest BCUT2D eigenvalue weighted by Gasteiger charge is -2.17. The third-order valence-corrected chi connectivity index (χ3v) is 4.84. The van der Waals surface area contributed by atoms with Crippen molar-refractivity contribution in [3.63, 3.8) is 0 Å². The zero-order valence-corrected chi connectivity index (χ0v) is 14.2. The van der Waals surface area contributed by atoms with Gasteiger partial charge in [-0.3, -0.25) is 14.8 Å². The number of aromatic nitrogens is 2. The summed E-state index contributed by atoms with van der Waals surface area (Å²) in [5.41, 5.74) is 3.79. The number of nitrogens with zero attached hydrogens (tertiary/aromatic N) is 2. The lowest BCUT2D eigenvalue weighted by Crippen LogP contribution is -2.25. The van der Waals surface area contributed by atoms with Crippen molar-refractivity contribution < 1.29 is 4.79 Å². The number of benzene rings is 2. The van der Waals surface area contributed by atoms with Gasteiger partial charge in [0.25, 0.3) is 5.91 Å². The second-order valence-corrected chi connectivity index (χ2v) is 6.55. The monoisotopic (exact) mass is 334 g/mol. The standard InChI is InChI=1S/C20H22N4O/c25-20(19-17-9-3-4-10-18(17)22-23-19)21-13-15-7-1-2-8-16(15)14-24-11-5-6-12-24/h1-4,7-10H,5-6,11-14H2,(H,21,25)(H,22,23). The second-order valence-electron chi connectivity index (χ2n) is 6.55. The summed E-state index contributed by atoms with van der Waals surface area (Å²) < 4.78 is 0. The normalized spacial score (nSPS) is 14.9. The Kier molecular flexibility index (Phi) is 4.48. The largest absolute Gasteiger partial charge is 0.347 e. The number of carbonyl (C=O) groups is 1. The van der Waals surface area contributed by atoms with E-state index in [0.717, 1.165) is 17.4 Å². The van der Waals surface area contributed by atoms with Gasteiger partial charge in [-0.25, -0.2) is 0 Å². The molecule has 0 radical (unpaired) electrons. The molecule has 2 aromatic carbocycles. The Balaban J connectivity index is 1.46. The van der Waals surface area contributed by atoms with Gasteiger partial charge in [0, 0.05) is 18.5 Å². The molecule has 0 bridgehead atoms. The van der Waals surface area contributed by atoms with Gasteiger partial charge in [-0.15, -0.1) is 0 Å². The highest BCUT2D eigenvalue weighted by molar-refractivity contribution is 6.04. The molecule has 0 spiro atoms. The highest BCUT2D eigenvalue weighted by Crippen LogP contribution is 2.17. The molecule has 5 heteroatoms. The number of hydrogen-bond donors (Lipinski definition) is 2. The molecular weight excluding hydrogens is 312 g/mol. The van der Waals surface area contributed by atoms with Crippen LogP contribution < -0.4 is 5.32 Å². The van der Waals surface area contributed by atoms with E-state index in [1.807, 2.05) is 30.3 Å². The van der Waals surface area contributed by atoms with E-state index in [2.05, 4.69) is 38.6 Å². The Hall–Kier alpha value is -2.66. The fourth-order valence-corrected chi connectivity index (χ4v) is 3.46. The average molecular weight is 334 g/mol. The molecule has 0 aliphatic carbocycles. The molecule has 2 N–H and O–H groups in total. The molecule has 3 aromatic rings. The molecule has 0 unspecified atom stereocenters. The third-order valence-electron chi connectivity index (χ3n) is 4.84. The Bertz CT molecular complexity index is 880. The summed E-state index contributed by atoms with van der Waals surface area (Å²) in [4.78, 5) is 15.0. The number of rotatable bonds is 5. The Morgan fingerprint density at radius 1 is 1.04 bits per heavy atom. The van der Waals surface area contributed by atoms with Gasteiger partial charge in [0.1, 0.15) is 0 Å². The maximum absolute atomic E-state index is 12.5. The summed E-state index contributed by atoms with van der Waals surface area (Å²) in [6.07, 6.45) is 2.57. The number of carbonyl (C=O) groups excluding carboxylic acids is 1. The smallest absolute Gasteiger partial charge is 0.272 e. The minimum Gasteiger partial charge on any atom is -0.347 e. The number of fused-ring (bicyclic) bond motifs is 1. The van der Waals surface area contributed by atoms with E-state index < -0.39 is 0 Å². The summed E-state index contributed by atoms with van der Waals surface area (Å²) in [6.45, 7) is 3.81. The molecule has 1 amide bonds. The zero-order valence-electron chi connectivity index (χ0n) is 14.2. The Morgan fingerprint density at radius 3 is 2.60 bits per heavy atom. The molecule has 1 aliphatic heterocycles. The fraction of sp³-hybridized carbons (Fsp3) is 0.300. The van der Waals surface area contributed by atoms with Crippen LogP contribution in [0.15, 0.2) is 48.5 Å². The van der Waals surface area contributed by atoms with Crippen LogP contribution in [0.25, 0.3) is 10.9 Å². The van der Waals surface area contributed by atoms with Gasteiger partial charge in [-0.05, 0) is 43.1 Å². The molecule has 2 heterocycles. The van der Waals surface area contributed by atoms with Crippen molar-refractivity contribution in [3.8, 4) is 0 Å². The van der Waals surface area contributed by atoms with E-state index in [4.69, 9.17) is 0 Å². The molecule has 25 heavy (non-hydrogen) atoms. The number of nitrogens with one attached hydrogen (secondary N) is 2. The minimum absolute atomic E-state index is 0.145. The first-order valence-electron chi connectivity index (χ1n) is 8.82. The predicted molar refractivity (Wildman–Crippen MR) is 98.2 cm³/mol. The van der Waals surface area contributed by atoms with E-state index in [9.17, 15) is 4.79 Å². The van der Waals surface area contributed by atoms with Gasteiger partial charge in [0.2, 0.25) is 0 Å². The average Bonchev–Trinajstić information content (AvgIpc) is 3.30. The maximum atomic E-state index is 12.5. The highest BCUT2D eigenvalue weighted by Gasteiger charge is 2.16. The number of para-hydroxylation sites is 1. The van der Waals surface area contributed by atoms with Crippen LogP contribution in [0.3, 0.4) is 0 Å². The van der Waals surface area contributed by atoms with Gasteiger partial charge in [-0.2, -0.15) is 5.10 Å². The number of hydrogen-bond acceptors (Lipinski definition) is 3. The number of H-pyrrole nitrogens is 1. The van der Waals surface area contributed by atoms with Crippen molar-refractivity contribution >= 4 is 16.8 Å². The molecule has 0 saturated carbocycles. The molecule has 4 rings (SSSR count). The predicted octanol–water partition coefficient (Wildman–Crippen LogP) is 3.09. The van der Waals surface area contributed by atoms with Gasteiger partial charge in [0.05, 0.1) is 5.52 Å². The van der Waals surface area contributed by atoms with Crippen LogP contribution in [0.1, 0.15) is 34.5 Å². The van der Waals surface area contributed by atoms with Crippen LogP contribution in [-0.4, -0.2) is 34.1 Å². The molecule has 1 aliphatic rings. The van der Waals surface area contributed by atoms with Crippen LogP contribution in [0, 0.1) is 0 Å². The number of likely N-dealkylation sites (tertiary alicyclic amines) is 1. The van der Waals surface area contributed by atoms with E-state index in [1.165, 1.54) is 37.1 Å². The highest BCUT2D eigenvalue weighted by atomic mass is 16.1. The topological polar surface area (TPSA) is 61.0 Å². The third kappa shape index (κ3) is 3.42. The summed E-state index contributed by atoms with van der Waals surface area (Å²) in [6, 6.07) is 16.0. The van der Waals surface area contributed by atoms with Gasteiger partial charge < -0.3 is 5.32 Å². The molecule has 1 fully saturated rings. The van der Waals surface area contributed by atoms with Gasteiger partial charge >= 0.3 is 0 Å². The van der Waals surface area contributed by atoms with E-state index in [0.29, 0.717) is 12.2 Å². The van der Waals surface area contributed by atoms with Crippen molar-refractivity contribution in [1.82, 2.24) is 20.4 Å². The van der Waals surface area contributed by atoms with Crippen LogP contribution in [0.5, 0.6) is 0 Å². The fourth-order valence-electron chi connectivity index (χ4n) is 3.46. The maximum Gasteiger partial charge on any atom is 0.272 e.